The Morgan fingerprint density at radius 3 is 2.75 bits per heavy atom. The van der Waals surface area contributed by atoms with Crippen LogP contribution in [0.3, 0.4) is 0 Å². The SMILES string of the molecule is Cc1cc(C(=O)N2CCC(c3nccn3CCN(C)C)CC2)n[nH]1. The molecule has 3 rings (SSSR count). The maximum Gasteiger partial charge on any atom is 0.274 e. The molecule has 1 aliphatic heterocycles. The molecule has 7 heteroatoms. The molecule has 0 atom stereocenters. The first-order chi connectivity index (χ1) is 11.5. The van der Waals surface area contributed by atoms with E-state index in [-0.39, 0.29) is 5.91 Å². The van der Waals surface area contributed by atoms with Crippen LogP contribution in [0, 0.1) is 6.92 Å². The smallest absolute Gasteiger partial charge is 0.274 e. The van der Waals surface area contributed by atoms with Crippen molar-refractivity contribution in [2.75, 3.05) is 33.7 Å². The molecule has 7 nitrogen and oxygen atoms in total. The maximum absolute atomic E-state index is 12.5. The van der Waals surface area contributed by atoms with E-state index in [9.17, 15) is 4.79 Å². The second-order valence-corrected chi connectivity index (χ2v) is 6.78. The summed E-state index contributed by atoms with van der Waals surface area (Å²) in [5, 5.41) is 6.91. The highest BCUT2D eigenvalue weighted by atomic mass is 16.2. The van der Waals surface area contributed by atoms with Crippen molar-refractivity contribution >= 4 is 5.91 Å². The zero-order valence-corrected chi connectivity index (χ0v) is 14.7. The minimum absolute atomic E-state index is 0.0220. The molecule has 2 aromatic heterocycles. The number of nitrogens with zero attached hydrogens (tertiary/aromatic N) is 5. The predicted molar refractivity (Wildman–Crippen MR) is 92.0 cm³/mol. The van der Waals surface area contributed by atoms with Crippen molar-refractivity contribution in [1.82, 2.24) is 29.5 Å². The number of likely N-dealkylation sites (tertiary alicyclic amines) is 1. The molecule has 0 spiro atoms. The number of nitrogens with one attached hydrogen (secondary N) is 1. The summed E-state index contributed by atoms with van der Waals surface area (Å²) in [4.78, 5) is 21.1. The number of aromatic amines is 1. The number of rotatable bonds is 5. The van der Waals surface area contributed by atoms with E-state index in [0.717, 1.165) is 50.5 Å². The number of hydrogen-bond donors (Lipinski definition) is 1. The molecule has 2 aromatic rings. The third-order valence-corrected chi connectivity index (χ3v) is 4.61. The van der Waals surface area contributed by atoms with Gasteiger partial charge in [0.25, 0.3) is 5.91 Å². The molecule has 1 amide bonds. The maximum atomic E-state index is 12.5. The summed E-state index contributed by atoms with van der Waals surface area (Å²) in [6, 6.07) is 1.81. The van der Waals surface area contributed by atoms with Crippen LogP contribution >= 0.6 is 0 Å². The Morgan fingerprint density at radius 2 is 2.12 bits per heavy atom. The monoisotopic (exact) mass is 330 g/mol. The van der Waals surface area contributed by atoms with E-state index < -0.39 is 0 Å². The van der Waals surface area contributed by atoms with Gasteiger partial charge in [-0.15, -0.1) is 0 Å². The normalized spacial score (nSPS) is 16.1. The molecular formula is C17H26N6O. The number of piperidine rings is 1. The van der Waals surface area contributed by atoms with Crippen molar-refractivity contribution in [2.24, 2.45) is 0 Å². The Morgan fingerprint density at radius 1 is 1.38 bits per heavy atom. The molecule has 0 unspecified atom stereocenters. The Bertz CT molecular complexity index is 681. The van der Waals surface area contributed by atoms with E-state index in [1.54, 1.807) is 0 Å². The quantitative estimate of drug-likeness (QED) is 0.902. The van der Waals surface area contributed by atoms with Crippen LogP contribution in [0.5, 0.6) is 0 Å². The van der Waals surface area contributed by atoms with Gasteiger partial charge < -0.3 is 14.4 Å². The van der Waals surface area contributed by atoms with Gasteiger partial charge in [-0.3, -0.25) is 9.89 Å². The summed E-state index contributed by atoms with van der Waals surface area (Å²) < 4.78 is 2.25. The van der Waals surface area contributed by atoms with Gasteiger partial charge >= 0.3 is 0 Å². The molecule has 24 heavy (non-hydrogen) atoms. The molecule has 0 saturated carbocycles. The third-order valence-electron chi connectivity index (χ3n) is 4.61. The summed E-state index contributed by atoms with van der Waals surface area (Å²) in [5.74, 6) is 1.60. The fraction of sp³-hybridized carbons (Fsp3) is 0.588. The van der Waals surface area contributed by atoms with Crippen molar-refractivity contribution in [1.29, 1.82) is 0 Å². The van der Waals surface area contributed by atoms with Gasteiger partial charge in [0.2, 0.25) is 0 Å². The first-order valence-electron chi connectivity index (χ1n) is 8.51. The van der Waals surface area contributed by atoms with Crippen LogP contribution in [0.4, 0.5) is 0 Å². The van der Waals surface area contributed by atoms with Gasteiger partial charge in [-0.2, -0.15) is 5.10 Å². The van der Waals surface area contributed by atoms with Crippen LogP contribution < -0.4 is 0 Å². The average Bonchev–Trinajstić information content (AvgIpc) is 3.21. The highest BCUT2D eigenvalue weighted by Gasteiger charge is 2.27. The predicted octanol–water partition coefficient (Wildman–Crippen LogP) is 1.50. The van der Waals surface area contributed by atoms with Crippen LogP contribution in [-0.4, -0.2) is 69.2 Å². The van der Waals surface area contributed by atoms with E-state index >= 15 is 0 Å². The Kier molecular flexibility index (Phi) is 4.99. The molecular weight excluding hydrogens is 304 g/mol. The van der Waals surface area contributed by atoms with Gasteiger partial charge in [0.05, 0.1) is 0 Å². The number of hydrogen-bond acceptors (Lipinski definition) is 4. The number of aryl methyl sites for hydroxylation is 1. The van der Waals surface area contributed by atoms with Crippen LogP contribution in [0.15, 0.2) is 18.5 Å². The molecule has 1 aliphatic rings. The van der Waals surface area contributed by atoms with Gasteiger partial charge in [0.1, 0.15) is 11.5 Å². The minimum Gasteiger partial charge on any atom is -0.337 e. The van der Waals surface area contributed by atoms with Gasteiger partial charge in [0, 0.05) is 50.2 Å². The second kappa shape index (κ2) is 7.17. The number of aromatic nitrogens is 4. The molecule has 0 bridgehead atoms. The standard InChI is InChI=1S/C17H26N6O/c1-13-12-15(20-19-13)17(24)23-7-4-14(5-8-23)16-18-6-9-22(16)11-10-21(2)3/h6,9,12,14H,4-5,7-8,10-11H2,1-3H3,(H,19,20). The van der Waals surface area contributed by atoms with E-state index in [2.05, 4.69) is 44.9 Å². The van der Waals surface area contributed by atoms with Crippen molar-refractivity contribution in [3.05, 3.63) is 35.7 Å². The number of amides is 1. The Labute approximate surface area is 142 Å². The van der Waals surface area contributed by atoms with Crippen LogP contribution in [-0.2, 0) is 6.54 Å². The highest BCUT2D eigenvalue weighted by Crippen LogP contribution is 2.27. The zero-order valence-electron chi connectivity index (χ0n) is 14.7. The molecule has 0 aromatic carbocycles. The lowest BCUT2D eigenvalue weighted by Crippen LogP contribution is -2.38. The molecule has 1 saturated heterocycles. The Balaban J connectivity index is 1.59. The van der Waals surface area contributed by atoms with Crippen molar-refractivity contribution in [3.8, 4) is 0 Å². The van der Waals surface area contributed by atoms with E-state index in [0.29, 0.717) is 11.6 Å². The first-order valence-corrected chi connectivity index (χ1v) is 8.51. The number of H-pyrrole nitrogens is 1. The lowest BCUT2D eigenvalue weighted by atomic mass is 9.95. The lowest BCUT2D eigenvalue weighted by molar-refractivity contribution is 0.0704. The van der Waals surface area contributed by atoms with E-state index in [1.165, 1.54) is 0 Å². The van der Waals surface area contributed by atoms with Crippen molar-refractivity contribution in [2.45, 2.75) is 32.2 Å². The highest BCUT2D eigenvalue weighted by molar-refractivity contribution is 5.92. The van der Waals surface area contributed by atoms with Gasteiger partial charge in [-0.1, -0.05) is 0 Å². The second-order valence-electron chi connectivity index (χ2n) is 6.78. The Hall–Kier alpha value is -2.15. The summed E-state index contributed by atoms with van der Waals surface area (Å²) in [6.45, 7) is 5.38. The topological polar surface area (TPSA) is 70.1 Å². The molecule has 0 radical (unpaired) electrons. The van der Waals surface area contributed by atoms with Crippen LogP contribution in [0.1, 0.15) is 40.8 Å². The third kappa shape index (κ3) is 3.67. The van der Waals surface area contributed by atoms with Gasteiger partial charge in [-0.25, -0.2) is 4.98 Å². The molecule has 1 fully saturated rings. The fourth-order valence-corrected chi connectivity index (χ4v) is 3.21. The number of carbonyl (C=O) groups excluding carboxylic acids is 1. The van der Waals surface area contributed by atoms with Crippen molar-refractivity contribution in [3.63, 3.8) is 0 Å². The molecule has 3 heterocycles. The van der Waals surface area contributed by atoms with E-state index in [1.807, 2.05) is 24.1 Å². The summed E-state index contributed by atoms with van der Waals surface area (Å²) >= 11 is 0. The largest absolute Gasteiger partial charge is 0.337 e. The number of imidazole rings is 1. The van der Waals surface area contributed by atoms with Crippen molar-refractivity contribution < 1.29 is 4.79 Å². The van der Waals surface area contributed by atoms with Gasteiger partial charge in [0.15, 0.2) is 0 Å². The molecule has 0 aliphatic carbocycles. The summed E-state index contributed by atoms with van der Waals surface area (Å²) in [6.07, 6.45) is 5.85. The first kappa shape index (κ1) is 16.7. The number of likely N-dealkylation sites (N-methyl/N-ethyl adjacent to an activating group) is 1. The van der Waals surface area contributed by atoms with Crippen LogP contribution in [0.25, 0.3) is 0 Å². The average molecular weight is 330 g/mol. The van der Waals surface area contributed by atoms with Gasteiger partial charge in [-0.05, 0) is 39.9 Å². The van der Waals surface area contributed by atoms with E-state index in [4.69, 9.17) is 0 Å². The zero-order chi connectivity index (χ0) is 17.1. The van der Waals surface area contributed by atoms with Crippen LogP contribution in [0.2, 0.25) is 0 Å². The summed E-state index contributed by atoms with van der Waals surface area (Å²) in [5.41, 5.74) is 1.43. The number of carbonyl (C=O) groups is 1. The summed E-state index contributed by atoms with van der Waals surface area (Å²) in [7, 11) is 4.16. The molecule has 1 N–H and O–H groups in total. The lowest BCUT2D eigenvalue weighted by Gasteiger charge is -2.31. The molecule has 130 valence electrons. The fourth-order valence-electron chi connectivity index (χ4n) is 3.21. The minimum atomic E-state index is 0.0220.